The minimum atomic E-state index is -0.610. The number of fused-ring (bicyclic) bond motifs is 1. The number of nitrogens with zero attached hydrogens (tertiary/aromatic N) is 2. The average molecular weight is 520 g/mol. The Morgan fingerprint density at radius 1 is 1.20 bits per heavy atom. The SMILES string of the molecule is CCN(CC)CC(O)CNC(=O)c1ccc(C#Cc2c(O)ccc3c2N=IN3)cc1. The first-order chi connectivity index (χ1) is 14.5. The Hall–Kier alpha value is -2.48. The van der Waals surface area contributed by atoms with Gasteiger partial charge in [-0.25, -0.2) is 3.15 Å². The summed E-state index contributed by atoms with van der Waals surface area (Å²) in [6.45, 7) is 6.54. The van der Waals surface area contributed by atoms with Crippen molar-refractivity contribution in [1.82, 2.24) is 10.2 Å². The van der Waals surface area contributed by atoms with Crippen molar-refractivity contribution in [3.05, 3.63) is 53.1 Å². The highest BCUT2D eigenvalue weighted by Crippen LogP contribution is 2.42. The Kier molecular flexibility index (Phi) is 7.79. The fourth-order valence-corrected chi connectivity index (χ4v) is 4.53. The van der Waals surface area contributed by atoms with Gasteiger partial charge in [-0.2, -0.15) is 0 Å². The second-order valence-corrected chi connectivity index (χ2v) is 8.30. The molecule has 8 heteroatoms. The van der Waals surface area contributed by atoms with Crippen molar-refractivity contribution in [1.29, 1.82) is 0 Å². The Labute approximate surface area is 187 Å². The van der Waals surface area contributed by atoms with Gasteiger partial charge < -0.3 is 24.0 Å². The summed E-state index contributed by atoms with van der Waals surface area (Å²) in [5, 5.41) is 23.0. The van der Waals surface area contributed by atoms with Gasteiger partial charge in [0.15, 0.2) is 0 Å². The molecule has 1 amide bonds. The van der Waals surface area contributed by atoms with Gasteiger partial charge in [0.25, 0.3) is 5.91 Å². The standard InChI is InChI=1S/C22H25IN4O3/c1-3-27(4-2)14-17(28)13-24-22(30)16-8-5-15(6-9-16)7-10-18-20(29)12-11-19-21(18)26-23-25-19/h5-6,8-9,11-12,17,28-29H,3-4,13-14H2,1-2H3,(H,24,30)(H,25,26). The van der Waals surface area contributed by atoms with Gasteiger partial charge in [-0.3, -0.25) is 4.79 Å². The van der Waals surface area contributed by atoms with E-state index in [2.05, 4.69) is 28.7 Å². The number of hydrogen-bond donors (Lipinski definition) is 4. The molecule has 1 aliphatic rings. The maximum absolute atomic E-state index is 12.3. The summed E-state index contributed by atoms with van der Waals surface area (Å²) >= 11 is -0.481. The van der Waals surface area contributed by atoms with E-state index >= 15 is 0 Å². The molecule has 158 valence electrons. The Bertz CT molecular complexity index is 992. The second-order valence-electron chi connectivity index (χ2n) is 6.80. The number of phenols is 1. The highest BCUT2D eigenvalue weighted by atomic mass is 127. The van der Waals surface area contributed by atoms with E-state index < -0.39 is 27.4 Å². The molecule has 4 N–H and O–H groups in total. The molecule has 0 bridgehead atoms. The van der Waals surface area contributed by atoms with Crippen molar-refractivity contribution >= 4 is 38.6 Å². The highest BCUT2D eigenvalue weighted by molar-refractivity contribution is 14.2. The zero-order chi connectivity index (χ0) is 21.5. The second kappa shape index (κ2) is 10.5. The molecule has 2 aromatic rings. The average Bonchev–Trinajstić information content (AvgIpc) is 3.24. The van der Waals surface area contributed by atoms with E-state index in [0.717, 1.165) is 30.0 Å². The van der Waals surface area contributed by atoms with Crippen molar-refractivity contribution in [3.63, 3.8) is 0 Å². The number of halogens is 1. The number of nitrogens with one attached hydrogen (secondary N) is 2. The van der Waals surface area contributed by atoms with Gasteiger partial charge in [0.05, 0.1) is 17.4 Å². The number of rotatable bonds is 7. The van der Waals surface area contributed by atoms with Crippen LogP contribution >= 0.6 is 21.3 Å². The van der Waals surface area contributed by atoms with Crippen molar-refractivity contribution in [2.24, 2.45) is 3.15 Å². The molecule has 0 aliphatic carbocycles. The number of likely N-dealkylation sites (N-methyl/N-ethyl adjacent to an activating group) is 1. The van der Waals surface area contributed by atoms with Crippen LogP contribution in [-0.4, -0.2) is 53.3 Å². The Morgan fingerprint density at radius 2 is 1.93 bits per heavy atom. The summed E-state index contributed by atoms with van der Waals surface area (Å²) in [7, 11) is 0. The molecule has 1 unspecified atom stereocenters. The normalized spacial score (nSPS) is 12.9. The molecule has 1 heterocycles. The molecule has 0 spiro atoms. The zero-order valence-electron chi connectivity index (χ0n) is 16.9. The van der Waals surface area contributed by atoms with Crippen LogP contribution in [0.4, 0.5) is 11.4 Å². The number of aromatic hydroxyl groups is 1. The van der Waals surface area contributed by atoms with Gasteiger partial charge >= 0.3 is 0 Å². The minimum Gasteiger partial charge on any atom is -0.507 e. The van der Waals surface area contributed by atoms with E-state index in [9.17, 15) is 15.0 Å². The van der Waals surface area contributed by atoms with Crippen LogP contribution in [0.3, 0.4) is 0 Å². The number of phenolic OH excluding ortho intramolecular Hbond substituents is 1. The van der Waals surface area contributed by atoms with Gasteiger partial charge in [-0.1, -0.05) is 25.7 Å². The largest absolute Gasteiger partial charge is 0.507 e. The van der Waals surface area contributed by atoms with Gasteiger partial charge in [-0.15, -0.1) is 0 Å². The summed E-state index contributed by atoms with van der Waals surface area (Å²) in [5.74, 6) is 5.89. The lowest BCUT2D eigenvalue weighted by Crippen LogP contribution is -2.40. The van der Waals surface area contributed by atoms with E-state index in [0.29, 0.717) is 17.7 Å². The predicted molar refractivity (Wildman–Crippen MR) is 126 cm³/mol. The molecule has 30 heavy (non-hydrogen) atoms. The summed E-state index contributed by atoms with van der Waals surface area (Å²) in [6.07, 6.45) is -0.610. The summed E-state index contributed by atoms with van der Waals surface area (Å²) < 4.78 is 7.65. The van der Waals surface area contributed by atoms with Gasteiger partial charge in [0, 0.05) is 24.2 Å². The quantitative estimate of drug-likeness (QED) is 0.194. The van der Waals surface area contributed by atoms with Crippen LogP contribution in [0.2, 0.25) is 0 Å². The predicted octanol–water partition coefficient (Wildman–Crippen LogP) is 3.35. The zero-order valence-corrected chi connectivity index (χ0v) is 19.1. The van der Waals surface area contributed by atoms with E-state index in [4.69, 9.17) is 0 Å². The van der Waals surface area contributed by atoms with E-state index in [1.54, 1.807) is 36.4 Å². The first kappa shape index (κ1) is 22.2. The fraction of sp³-hybridized carbons (Fsp3) is 0.318. The molecule has 3 rings (SSSR count). The molecule has 1 aliphatic heterocycles. The van der Waals surface area contributed by atoms with Crippen molar-refractivity contribution < 1.29 is 15.0 Å². The monoisotopic (exact) mass is 520 g/mol. The minimum absolute atomic E-state index is 0.108. The third-order valence-electron chi connectivity index (χ3n) is 4.77. The van der Waals surface area contributed by atoms with Gasteiger partial charge in [0.2, 0.25) is 0 Å². The molecule has 0 saturated carbocycles. The molecule has 2 aromatic carbocycles. The van der Waals surface area contributed by atoms with Crippen LogP contribution in [0.15, 0.2) is 39.5 Å². The summed E-state index contributed by atoms with van der Waals surface area (Å²) in [4.78, 5) is 14.4. The Morgan fingerprint density at radius 3 is 2.63 bits per heavy atom. The van der Waals surface area contributed by atoms with Gasteiger partial charge in [-0.05, 0) is 49.5 Å². The molecular formula is C22H25IN4O3. The van der Waals surface area contributed by atoms with Crippen LogP contribution in [0.25, 0.3) is 0 Å². The summed E-state index contributed by atoms with van der Waals surface area (Å²) in [6, 6.07) is 10.3. The van der Waals surface area contributed by atoms with Crippen LogP contribution in [0.1, 0.15) is 35.3 Å². The Balaban J connectivity index is 1.61. The number of carbonyl (C=O) groups is 1. The third-order valence-corrected chi connectivity index (χ3v) is 6.31. The van der Waals surface area contributed by atoms with Crippen molar-refractivity contribution in [2.75, 3.05) is 29.7 Å². The number of aliphatic hydroxyl groups excluding tert-OH is 1. The van der Waals surface area contributed by atoms with Crippen LogP contribution < -0.4 is 8.85 Å². The first-order valence-electron chi connectivity index (χ1n) is 9.78. The molecule has 0 radical (unpaired) electrons. The van der Waals surface area contributed by atoms with Crippen LogP contribution in [0.5, 0.6) is 5.75 Å². The van der Waals surface area contributed by atoms with Crippen molar-refractivity contribution in [2.45, 2.75) is 20.0 Å². The van der Waals surface area contributed by atoms with Crippen molar-refractivity contribution in [3.8, 4) is 17.6 Å². The van der Waals surface area contributed by atoms with Gasteiger partial charge in [0.1, 0.15) is 32.7 Å². The van der Waals surface area contributed by atoms with E-state index in [1.807, 2.05) is 13.8 Å². The number of hydrogen-bond acceptors (Lipinski definition) is 6. The lowest BCUT2D eigenvalue weighted by Gasteiger charge is -2.22. The fourth-order valence-electron chi connectivity index (χ4n) is 2.97. The number of benzene rings is 2. The smallest absolute Gasteiger partial charge is 0.251 e. The lowest BCUT2D eigenvalue weighted by atomic mass is 10.1. The van der Waals surface area contributed by atoms with Crippen LogP contribution in [-0.2, 0) is 0 Å². The molecule has 0 aromatic heterocycles. The number of anilines is 1. The molecule has 7 nitrogen and oxygen atoms in total. The van der Waals surface area contributed by atoms with E-state index in [-0.39, 0.29) is 18.2 Å². The first-order valence-corrected chi connectivity index (χ1v) is 11.8. The maximum Gasteiger partial charge on any atom is 0.251 e. The van der Waals surface area contributed by atoms with Crippen LogP contribution in [0, 0.1) is 11.8 Å². The number of carbonyl (C=O) groups excluding carboxylic acids is 1. The summed E-state index contributed by atoms with van der Waals surface area (Å²) in [5.41, 5.74) is 3.37. The molecule has 0 fully saturated rings. The lowest BCUT2D eigenvalue weighted by molar-refractivity contribution is 0.0869. The third kappa shape index (κ3) is 5.56. The van der Waals surface area contributed by atoms with E-state index in [1.165, 1.54) is 0 Å². The maximum atomic E-state index is 12.3. The molecule has 1 atom stereocenters. The molecular weight excluding hydrogens is 495 g/mol. The number of amides is 1. The number of aliphatic hydroxyl groups is 1. The highest BCUT2D eigenvalue weighted by Gasteiger charge is 2.14. The topological polar surface area (TPSA) is 97.2 Å². The molecule has 0 saturated heterocycles.